The van der Waals surface area contributed by atoms with Crippen molar-refractivity contribution in [2.45, 2.75) is 65.5 Å². The number of nitrogens with zero attached hydrogens (tertiary/aromatic N) is 4. The second-order valence-electron chi connectivity index (χ2n) is 11.6. The molecule has 3 aromatic heterocycles. The van der Waals surface area contributed by atoms with E-state index in [1.807, 2.05) is 29.9 Å². The normalized spacial score (nSPS) is 20.7. The number of anilines is 1. The van der Waals surface area contributed by atoms with E-state index in [2.05, 4.69) is 44.1 Å². The maximum atomic E-state index is 9.84. The van der Waals surface area contributed by atoms with Gasteiger partial charge in [-0.2, -0.15) is 5.10 Å². The number of aromatic nitrogens is 3. The van der Waals surface area contributed by atoms with Crippen LogP contribution in [-0.2, 0) is 6.42 Å². The standard InChI is InChI=1S/C31H39N7O2/c1-7-19-14-27(40-6)34-15-22(19)20-13-25-28(37-26-10-11-31(5,33)30(26,3)4)23(16-35-38(25)17-20)29(32)36-24-9-8-21(39)12-18(24)2/h8-9,12-17,26,37,39H,7,10-11,33H2,1-6H3,(H2,32,36)/t26-,31+/m1/s1. The predicted molar refractivity (Wildman–Crippen MR) is 161 cm³/mol. The smallest absolute Gasteiger partial charge is 0.213 e. The Hall–Kier alpha value is -4.11. The van der Waals surface area contributed by atoms with E-state index in [4.69, 9.17) is 26.3 Å². The minimum Gasteiger partial charge on any atom is -0.508 e. The first-order valence-electron chi connectivity index (χ1n) is 13.7. The van der Waals surface area contributed by atoms with Gasteiger partial charge in [-0.15, -0.1) is 0 Å². The van der Waals surface area contributed by atoms with Crippen LogP contribution in [0.5, 0.6) is 11.6 Å². The predicted octanol–water partition coefficient (Wildman–Crippen LogP) is 5.34. The Labute approximate surface area is 235 Å². The molecule has 4 aromatic rings. The second-order valence-corrected chi connectivity index (χ2v) is 11.6. The molecule has 0 amide bonds. The van der Waals surface area contributed by atoms with E-state index >= 15 is 0 Å². The summed E-state index contributed by atoms with van der Waals surface area (Å²) >= 11 is 0. The van der Waals surface area contributed by atoms with Gasteiger partial charge in [0.1, 0.15) is 11.6 Å². The molecule has 1 aliphatic rings. The molecule has 0 radical (unpaired) electrons. The number of methoxy groups -OCH3 is 1. The van der Waals surface area contributed by atoms with E-state index < -0.39 is 0 Å². The molecule has 0 aliphatic heterocycles. The number of aliphatic imine (C=N–C) groups is 1. The average Bonchev–Trinajstić information content (AvgIpc) is 3.44. The summed E-state index contributed by atoms with van der Waals surface area (Å²) in [7, 11) is 1.62. The zero-order valence-electron chi connectivity index (χ0n) is 24.1. The van der Waals surface area contributed by atoms with Crippen LogP contribution in [0.1, 0.15) is 57.2 Å². The van der Waals surface area contributed by atoms with Gasteiger partial charge < -0.3 is 26.6 Å². The number of aromatic hydroxyl groups is 1. The van der Waals surface area contributed by atoms with E-state index in [9.17, 15) is 5.11 Å². The SMILES string of the molecule is CCc1cc(OC)ncc1-c1cc2c(N[C@@H]3CC[C@](C)(N)C3(C)C)c(/C(N)=N/c3ccc(O)cc3C)cnn2c1. The van der Waals surface area contributed by atoms with Crippen molar-refractivity contribution in [2.75, 3.05) is 12.4 Å². The Morgan fingerprint density at radius 3 is 2.65 bits per heavy atom. The third-order valence-electron chi connectivity index (χ3n) is 8.81. The number of nitrogens with one attached hydrogen (secondary N) is 1. The van der Waals surface area contributed by atoms with Gasteiger partial charge in [0.15, 0.2) is 0 Å². The molecule has 0 saturated heterocycles. The molecule has 1 saturated carbocycles. The molecule has 6 N–H and O–H groups in total. The quantitative estimate of drug-likeness (QED) is 0.183. The van der Waals surface area contributed by atoms with Crippen molar-refractivity contribution in [3.63, 3.8) is 0 Å². The summed E-state index contributed by atoms with van der Waals surface area (Å²) in [6.45, 7) is 10.6. The maximum absolute atomic E-state index is 9.84. The highest BCUT2D eigenvalue weighted by Gasteiger charge is 2.49. The van der Waals surface area contributed by atoms with Gasteiger partial charge in [-0.1, -0.05) is 20.8 Å². The molecule has 40 heavy (non-hydrogen) atoms. The number of rotatable bonds is 7. The Balaban J connectivity index is 1.67. The van der Waals surface area contributed by atoms with Gasteiger partial charge in [-0.25, -0.2) is 14.5 Å². The summed E-state index contributed by atoms with van der Waals surface area (Å²) in [5, 5.41) is 18.4. The number of ether oxygens (including phenoxy) is 1. The topological polar surface area (TPSA) is 136 Å². The van der Waals surface area contributed by atoms with Crippen molar-refractivity contribution < 1.29 is 9.84 Å². The van der Waals surface area contributed by atoms with Gasteiger partial charge >= 0.3 is 0 Å². The third kappa shape index (κ3) is 4.75. The first kappa shape index (κ1) is 27.5. The number of benzene rings is 1. The monoisotopic (exact) mass is 541 g/mol. The van der Waals surface area contributed by atoms with Crippen LogP contribution in [-0.4, -0.2) is 44.2 Å². The van der Waals surface area contributed by atoms with Gasteiger partial charge in [-0.05, 0) is 68.5 Å². The molecule has 1 aromatic carbocycles. The highest BCUT2D eigenvalue weighted by atomic mass is 16.5. The van der Waals surface area contributed by atoms with Crippen molar-refractivity contribution >= 4 is 22.7 Å². The molecule has 0 unspecified atom stereocenters. The molecular weight excluding hydrogens is 502 g/mol. The zero-order valence-corrected chi connectivity index (χ0v) is 24.1. The van der Waals surface area contributed by atoms with Crippen LogP contribution < -0.4 is 21.5 Å². The summed E-state index contributed by atoms with van der Waals surface area (Å²) < 4.78 is 7.22. The van der Waals surface area contributed by atoms with Crippen molar-refractivity contribution in [3.05, 3.63) is 65.6 Å². The molecule has 1 aliphatic carbocycles. The fraction of sp³-hybridized carbons (Fsp3) is 0.387. The molecule has 2 atom stereocenters. The lowest BCUT2D eigenvalue weighted by Gasteiger charge is -2.39. The lowest BCUT2D eigenvalue weighted by atomic mass is 9.75. The molecule has 9 heteroatoms. The summed E-state index contributed by atoms with van der Waals surface area (Å²) in [5.41, 5.74) is 20.0. The Morgan fingerprint density at radius 2 is 2.00 bits per heavy atom. The first-order valence-corrected chi connectivity index (χ1v) is 13.7. The minimum absolute atomic E-state index is 0.114. The lowest BCUT2D eigenvalue weighted by molar-refractivity contribution is 0.215. The van der Waals surface area contributed by atoms with Crippen LogP contribution in [0.3, 0.4) is 0 Å². The summed E-state index contributed by atoms with van der Waals surface area (Å²) in [6.07, 6.45) is 8.29. The van der Waals surface area contributed by atoms with E-state index in [0.717, 1.165) is 52.7 Å². The van der Waals surface area contributed by atoms with Crippen molar-refractivity contribution in [3.8, 4) is 22.8 Å². The van der Waals surface area contributed by atoms with E-state index in [1.54, 1.807) is 31.5 Å². The number of fused-ring (bicyclic) bond motifs is 1. The average molecular weight is 542 g/mol. The number of hydrogen-bond donors (Lipinski definition) is 4. The molecule has 1 fully saturated rings. The summed E-state index contributed by atoms with van der Waals surface area (Å²) in [4.78, 5) is 9.20. The van der Waals surface area contributed by atoms with Crippen molar-refractivity contribution in [1.82, 2.24) is 14.6 Å². The van der Waals surface area contributed by atoms with Crippen LogP contribution in [0.15, 0.2) is 53.9 Å². The Morgan fingerprint density at radius 1 is 1.23 bits per heavy atom. The highest BCUT2D eigenvalue weighted by molar-refractivity contribution is 6.06. The van der Waals surface area contributed by atoms with Gasteiger partial charge in [-0.3, -0.25) is 0 Å². The van der Waals surface area contributed by atoms with Gasteiger partial charge in [0.2, 0.25) is 5.88 Å². The van der Waals surface area contributed by atoms with Crippen LogP contribution in [0.2, 0.25) is 0 Å². The lowest BCUT2D eigenvalue weighted by Crippen LogP contribution is -2.51. The summed E-state index contributed by atoms with van der Waals surface area (Å²) in [5.74, 6) is 1.11. The fourth-order valence-corrected chi connectivity index (χ4v) is 5.60. The second kappa shape index (κ2) is 10.1. The molecular formula is C31H39N7O2. The number of amidine groups is 1. The molecule has 0 spiro atoms. The van der Waals surface area contributed by atoms with Crippen LogP contribution in [0.4, 0.5) is 11.4 Å². The largest absolute Gasteiger partial charge is 0.508 e. The van der Waals surface area contributed by atoms with Crippen molar-refractivity contribution in [2.24, 2.45) is 21.9 Å². The number of aryl methyl sites for hydroxylation is 2. The van der Waals surface area contributed by atoms with Gasteiger partial charge in [0.05, 0.1) is 35.8 Å². The van der Waals surface area contributed by atoms with E-state index in [1.165, 1.54) is 0 Å². The molecule has 5 rings (SSSR count). The van der Waals surface area contributed by atoms with Crippen molar-refractivity contribution in [1.29, 1.82) is 0 Å². The molecule has 9 nitrogen and oxygen atoms in total. The van der Waals surface area contributed by atoms with Crippen LogP contribution in [0.25, 0.3) is 16.6 Å². The molecule has 210 valence electrons. The maximum Gasteiger partial charge on any atom is 0.213 e. The van der Waals surface area contributed by atoms with E-state index in [0.29, 0.717) is 23.0 Å². The van der Waals surface area contributed by atoms with Gasteiger partial charge in [0.25, 0.3) is 0 Å². The Kier molecular flexibility index (Phi) is 6.95. The summed E-state index contributed by atoms with van der Waals surface area (Å²) in [6, 6.07) is 9.24. The van der Waals surface area contributed by atoms with Gasteiger partial charge in [0, 0.05) is 46.6 Å². The number of hydrogen-bond acceptors (Lipinski definition) is 7. The minimum atomic E-state index is -0.311. The number of pyridine rings is 1. The number of phenolic OH excluding ortho intramolecular Hbond substituents is 1. The van der Waals surface area contributed by atoms with Crippen LogP contribution in [0, 0.1) is 12.3 Å². The number of phenols is 1. The first-order chi connectivity index (χ1) is 18.9. The number of nitrogens with two attached hydrogens (primary N) is 2. The third-order valence-corrected chi connectivity index (χ3v) is 8.81. The van der Waals surface area contributed by atoms with E-state index in [-0.39, 0.29) is 22.7 Å². The molecule has 3 heterocycles. The molecule has 0 bridgehead atoms. The van der Waals surface area contributed by atoms with Crippen LogP contribution >= 0.6 is 0 Å². The highest BCUT2D eigenvalue weighted by Crippen LogP contribution is 2.46. The Bertz CT molecular complexity index is 1600. The zero-order chi connectivity index (χ0) is 28.8. The fourth-order valence-electron chi connectivity index (χ4n) is 5.60.